The standard InChI is InChI=1S/C21H32BrNO5/c1-20(2,3)27-18(25)17(23-19(26)28-21(4,5)6)12-15(13-24)11-14-7-9-16(22)10-8-14/h7-10,15,17,24H,11-13H2,1-6H3,(H,23,26). The number of amides is 1. The minimum Gasteiger partial charge on any atom is -0.458 e. The van der Waals surface area contributed by atoms with Gasteiger partial charge in [-0.15, -0.1) is 0 Å². The van der Waals surface area contributed by atoms with Crippen LogP contribution in [-0.2, 0) is 20.7 Å². The van der Waals surface area contributed by atoms with Gasteiger partial charge in [-0.3, -0.25) is 0 Å². The zero-order valence-electron chi connectivity index (χ0n) is 17.5. The van der Waals surface area contributed by atoms with Gasteiger partial charge in [-0.25, -0.2) is 9.59 Å². The van der Waals surface area contributed by atoms with E-state index in [0.29, 0.717) is 6.42 Å². The van der Waals surface area contributed by atoms with Crippen molar-refractivity contribution in [2.75, 3.05) is 6.61 Å². The number of hydrogen-bond donors (Lipinski definition) is 2. The molecule has 0 bridgehead atoms. The molecule has 0 heterocycles. The highest BCUT2D eigenvalue weighted by atomic mass is 79.9. The third kappa shape index (κ3) is 10.1. The third-order valence-electron chi connectivity index (χ3n) is 3.65. The Morgan fingerprint density at radius 1 is 1.04 bits per heavy atom. The van der Waals surface area contributed by atoms with Crippen molar-refractivity contribution in [3.63, 3.8) is 0 Å². The molecule has 2 unspecified atom stereocenters. The van der Waals surface area contributed by atoms with Crippen LogP contribution in [0.5, 0.6) is 0 Å². The van der Waals surface area contributed by atoms with Crippen LogP contribution < -0.4 is 5.32 Å². The lowest BCUT2D eigenvalue weighted by Gasteiger charge is -2.28. The van der Waals surface area contributed by atoms with E-state index in [1.807, 2.05) is 24.3 Å². The van der Waals surface area contributed by atoms with E-state index in [9.17, 15) is 14.7 Å². The van der Waals surface area contributed by atoms with Crippen molar-refractivity contribution >= 4 is 28.0 Å². The van der Waals surface area contributed by atoms with Crippen molar-refractivity contribution < 1.29 is 24.2 Å². The predicted octanol–water partition coefficient (Wildman–Crippen LogP) is 4.23. The van der Waals surface area contributed by atoms with Crippen molar-refractivity contribution in [2.24, 2.45) is 5.92 Å². The molecule has 7 heteroatoms. The maximum absolute atomic E-state index is 12.6. The van der Waals surface area contributed by atoms with Gasteiger partial charge < -0.3 is 19.9 Å². The van der Waals surface area contributed by atoms with Crippen LogP contribution in [0.2, 0.25) is 0 Å². The van der Waals surface area contributed by atoms with Gasteiger partial charge in [0, 0.05) is 11.1 Å². The molecule has 2 atom stereocenters. The average molecular weight is 458 g/mol. The van der Waals surface area contributed by atoms with Gasteiger partial charge in [0.1, 0.15) is 17.2 Å². The molecule has 0 spiro atoms. The lowest BCUT2D eigenvalue weighted by Crippen LogP contribution is -2.47. The summed E-state index contributed by atoms with van der Waals surface area (Å²) in [6, 6.07) is 6.84. The normalized spacial score (nSPS) is 14.1. The average Bonchev–Trinajstić information content (AvgIpc) is 2.52. The van der Waals surface area contributed by atoms with Crippen LogP contribution >= 0.6 is 15.9 Å². The molecule has 1 aromatic carbocycles. The molecule has 158 valence electrons. The highest BCUT2D eigenvalue weighted by Gasteiger charge is 2.30. The first-order valence-corrected chi connectivity index (χ1v) is 10.2. The van der Waals surface area contributed by atoms with Crippen molar-refractivity contribution in [1.29, 1.82) is 0 Å². The number of carbonyl (C=O) groups is 2. The number of alkyl carbamates (subject to hydrolysis) is 1. The Labute approximate surface area is 176 Å². The first kappa shape index (κ1) is 24.4. The van der Waals surface area contributed by atoms with Crippen LogP contribution in [0.4, 0.5) is 4.79 Å². The summed E-state index contributed by atoms with van der Waals surface area (Å²) >= 11 is 3.39. The maximum Gasteiger partial charge on any atom is 0.408 e. The van der Waals surface area contributed by atoms with Gasteiger partial charge >= 0.3 is 12.1 Å². The maximum atomic E-state index is 12.6. The van der Waals surface area contributed by atoms with Gasteiger partial charge in [-0.2, -0.15) is 0 Å². The second-order valence-electron chi connectivity index (χ2n) is 8.85. The van der Waals surface area contributed by atoms with Crippen molar-refractivity contribution in [3.8, 4) is 0 Å². The number of carbonyl (C=O) groups excluding carboxylic acids is 2. The molecule has 6 nitrogen and oxygen atoms in total. The highest BCUT2D eigenvalue weighted by molar-refractivity contribution is 9.10. The number of ether oxygens (including phenoxy) is 2. The predicted molar refractivity (Wildman–Crippen MR) is 112 cm³/mol. The second-order valence-corrected chi connectivity index (χ2v) is 9.76. The van der Waals surface area contributed by atoms with E-state index < -0.39 is 29.3 Å². The molecule has 0 fully saturated rings. The molecule has 0 saturated heterocycles. The lowest BCUT2D eigenvalue weighted by molar-refractivity contribution is -0.158. The molecule has 1 amide bonds. The zero-order chi connectivity index (χ0) is 21.5. The quantitative estimate of drug-likeness (QED) is 0.598. The summed E-state index contributed by atoms with van der Waals surface area (Å²) in [4.78, 5) is 24.8. The number of rotatable bonds is 7. The van der Waals surface area contributed by atoms with E-state index in [-0.39, 0.29) is 18.9 Å². The van der Waals surface area contributed by atoms with Gasteiger partial charge in [-0.05, 0) is 78.0 Å². The first-order valence-electron chi connectivity index (χ1n) is 9.37. The van der Waals surface area contributed by atoms with E-state index in [0.717, 1.165) is 10.0 Å². The van der Waals surface area contributed by atoms with Gasteiger partial charge in [0.25, 0.3) is 0 Å². The summed E-state index contributed by atoms with van der Waals surface area (Å²) in [5.74, 6) is -0.777. The van der Waals surface area contributed by atoms with Crippen molar-refractivity contribution in [1.82, 2.24) is 5.32 Å². The number of hydrogen-bond acceptors (Lipinski definition) is 5. The summed E-state index contributed by atoms with van der Waals surface area (Å²) in [5, 5.41) is 12.4. The first-order chi connectivity index (χ1) is 12.8. The number of aliphatic hydroxyl groups is 1. The number of benzene rings is 1. The minimum absolute atomic E-state index is 0.120. The van der Waals surface area contributed by atoms with Crippen LogP contribution in [0.3, 0.4) is 0 Å². The molecule has 1 rings (SSSR count). The van der Waals surface area contributed by atoms with E-state index in [2.05, 4.69) is 21.2 Å². The van der Waals surface area contributed by atoms with Crippen molar-refractivity contribution in [3.05, 3.63) is 34.3 Å². The molecule has 0 saturated carbocycles. The smallest absolute Gasteiger partial charge is 0.408 e. The zero-order valence-corrected chi connectivity index (χ0v) is 19.1. The van der Waals surface area contributed by atoms with Crippen LogP contribution in [0.25, 0.3) is 0 Å². The van der Waals surface area contributed by atoms with Gasteiger partial charge in [0.15, 0.2) is 0 Å². The molecule has 0 aliphatic carbocycles. The third-order valence-corrected chi connectivity index (χ3v) is 4.18. The lowest BCUT2D eigenvalue weighted by atomic mass is 9.93. The molecular weight excluding hydrogens is 426 g/mol. The number of esters is 1. The number of nitrogens with one attached hydrogen (secondary N) is 1. The Kier molecular flexibility index (Phi) is 8.95. The molecule has 1 aromatic rings. The monoisotopic (exact) mass is 457 g/mol. The van der Waals surface area contributed by atoms with E-state index in [1.54, 1.807) is 41.5 Å². The van der Waals surface area contributed by atoms with E-state index in [4.69, 9.17) is 9.47 Å². The summed E-state index contributed by atoms with van der Waals surface area (Å²) in [5.41, 5.74) is -0.343. The molecule has 28 heavy (non-hydrogen) atoms. The summed E-state index contributed by atoms with van der Waals surface area (Å²) in [6.07, 6.45) is 0.114. The fourth-order valence-electron chi connectivity index (χ4n) is 2.55. The Morgan fingerprint density at radius 2 is 1.57 bits per heavy atom. The molecule has 0 aromatic heterocycles. The molecule has 0 aliphatic heterocycles. The Bertz CT molecular complexity index is 646. The summed E-state index contributed by atoms with van der Waals surface area (Å²) < 4.78 is 11.7. The van der Waals surface area contributed by atoms with E-state index >= 15 is 0 Å². The van der Waals surface area contributed by atoms with Crippen LogP contribution in [0.1, 0.15) is 53.5 Å². The Hall–Kier alpha value is -1.60. The van der Waals surface area contributed by atoms with Crippen LogP contribution in [-0.4, -0.2) is 41.0 Å². The fraction of sp³-hybridized carbons (Fsp3) is 0.619. The van der Waals surface area contributed by atoms with Crippen LogP contribution in [0, 0.1) is 5.92 Å². The Morgan fingerprint density at radius 3 is 2.04 bits per heavy atom. The number of aliphatic hydroxyl groups excluding tert-OH is 1. The molecule has 2 N–H and O–H groups in total. The van der Waals surface area contributed by atoms with Gasteiger partial charge in [-0.1, -0.05) is 28.1 Å². The second kappa shape index (κ2) is 10.3. The SMILES string of the molecule is CC(C)(C)OC(=O)NC(CC(CO)Cc1ccc(Br)cc1)C(=O)OC(C)(C)C. The molecule has 0 radical (unpaired) electrons. The van der Waals surface area contributed by atoms with Crippen molar-refractivity contribution in [2.45, 2.75) is 71.6 Å². The topological polar surface area (TPSA) is 84.9 Å². The molecule has 0 aliphatic rings. The summed E-state index contributed by atoms with van der Waals surface area (Å²) in [7, 11) is 0. The van der Waals surface area contributed by atoms with E-state index in [1.165, 1.54) is 0 Å². The van der Waals surface area contributed by atoms with Gasteiger partial charge in [0.05, 0.1) is 0 Å². The fourth-order valence-corrected chi connectivity index (χ4v) is 2.81. The minimum atomic E-state index is -0.915. The molecular formula is C21H32BrNO5. The largest absolute Gasteiger partial charge is 0.458 e. The highest BCUT2D eigenvalue weighted by Crippen LogP contribution is 2.19. The summed E-state index contributed by atoms with van der Waals surface area (Å²) in [6.45, 7) is 10.4. The number of halogens is 1. The van der Waals surface area contributed by atoms with Crippen LogP contribution in [0.15, 0.2) is 28.7 Å². The van der Waals surface area contributed by atoms with Gasteiger partial charge in [0.2, 0.25) is 0 Å². The Balaban J connectivity index is 2.89.